The van der Waals surface area contributed by atoms with Crippen LogP contribution < -0.4 is 14.2 Å². The van der Waals surface area contributed by atoms with Crippen molar-refractivity contribution in [3.05, 3.63) is 58.7 Å². The number of ether oxygens (including phenoxy) is 3. The second-order valence-corrected chi connectivity index (χ2v) is 7.59. The quantitative estimate of drug-likeness (QED) is 0.548. The van der Waals surface area contributed by atoms with Crippen molar-refractivity contribution in [2.24, 2.45) is 5.92 Å². The number of benzene rings is 2. The van der Waals surface area contributed by atoms with Gasteiger partial charge in [-0.1, -0.05) is 38.1 Å². The van der Waals surface area contributed by atoms with Gasteiger partial charge in [-0.3, -0.25) is 0 Å². The van der Waals surface area contributed by atoms with E-state index in [4.69, 9.17) is 14.2 Å². The molecule has 4 heteroatoms. The number of aliphatic hydroxyl groups excluding tert-OH is 1. The van der Waals surface area contributed by atoms with Gasteiger partial charge in [0, 0.05) is 0 Å². The average Bonchev–Trinajstić information content (AvgIpc) is 2.74. The molecule has 0 saturated carbocycles. The molecule has 0 atom stereocenters. The number of hydrogen-bond acceptors (Lipinski definition) is 4. The normalized spacial score (nSPS) is 11.3. The molecule has 2 aromatic carbocycles. The second-order valence-electron chi connectivity index (χ2n) is 7.59. The number of methoxy groups -OCH3 is 3. The molecule has 1 N–H and O–H groups in total. The smallest absolute Gasteiger partial charge is 0.130 e. The van der Waals surface area contributed by atoms with Gasteiger partial charge in [-0.15, -0.1) is 0 Å². The summed E-state index contributed by atoms with van der Waals surface area (Å²) in [7, 11) is 4.99. The Morgan fingerprint density at radius 3 is 2.07 bits per heavy atom. The lowest BCUT2D eigenvalue weighted by Crippen LogP contribution is -1.98. The van der Waals surface area contributed by atoms with Gasteiger partial charge >= 0.3 is 0 Å². The molecule has 2 rings (SSSR count). The highest BCUT2D eigenvalue weighted by Crippen LogP contribution is 2.32. The molecule has 0 unspecified atom stereocenters. The molecule has 0 fully saturated rings. The van der Waals surface area contributed by atoms with Crippen LogP contribution in [0.4, 0.5) is 0 Å². The molecule has 2 aromatic rings. The first-order valence-electron chi connectivity index (χ1n) is 10.2. The monoisotopic (exact) mass is 398 g/mol. The maximum Gasteiger partial charge on any atom is 0.130 e. The first-order chi connectivity index (χ1) is 14.0. The first kappa shape index (κ1) is 22.8. The van der Waals surface area contributed by atoms with Crippen molar-refractivity contribution in [2.45, 2.75) is 46.1 Å². The van der Waals surface area contributed by atoms with E-state index in [9.17, 15) is 5.11 Å². The molecule has 0 amide bonds. The molecule has 0 bridgehead atoms. The Hall–Kier alpha value is -2.46. The van der Waals surface area contributed by atoms with E-state index in [-0.39, 0.29) is 6.61 Å². The summed E-state index contributed by atoms with van der Waals surface area (Å²) in [5, 5.41) is 9.40. The SMILES string of the molecule is COc1ccc(CC/C=C/c2c(OC)cc(CO)cc2OC)cc1CCC(C)C. The molecule has 0 heterocycles. The summed E-state index contributed by atoms with van der Waals surface area (Å²) in [4.78, 5) is 0. The third kappa shape index (κ3) is 6.53. The van der Waals surface area contributed by atoms with Crippen molar-refractivity contribution in [2.75, 3.05) is 21.3 Å². The minimum atomic E-state index is -0.0483. The van der Waals surface area contributed by atoms with Gasteiger partial charge in [0.05, 0.1) is 33.5 Å². The molecule has 0 aliphatic heterocycles. The van der Waals surface area contributed by atoms with Gasteiger partial charge in [0.2, 0.25) is 0 Å². The molecule has 0 aliphatic carbocycles. The highest BCUT2D eigenvalue weighted by molar-refractivity contribution is 5.65. The summed E-state index contributed by atoms with van der Waals surface area (Å²) >= 11 is 0. The average molecular weight is 399 g/mol. The second kappa shape index (κ2) is 11.5. The van der Waals surface area contributed by atoms with Gasteiger partial charge < -0.3 is 19.3 Å². The van der Waals surface area contributed by atoms with Crippen molar-refractivity contribution < 1.29 is 19.3 Å². The molecular formula is C25H34O4. The fourth-order valence-electron chi connectivity index (χ4n) is 3.33. The topological polar surface area (TPSA) is 47.9 Å². The van der Waals surface area contributed by atoms with Crippen LogP contribution in [-0.4, -0.2) is 26.4 Å². The van der Waals surface area contributed by atoms with E-state index in [0.29, 0.717) is 17.4 Å². The van der Waals surface area contributed by atoms with Crippen LogP contribution in [0.25, 0.3) is 6.08 Å². The van der Waals surface area contributed by atoms with Crippen LogP contribution >= 0.6 is 0 Å². The third-order valence-electron chi connectivity index (χ3n) is 5.01. The first-order valence-corrected chi connectivity index (χ1v) is 10.2. The van der Waals surface area contributed by atoms with Gasteiger partial charge in [0.1, 0.15) is 17.2 Å². The van der Waals surface area contributed by atoms with Gasteiger partial charge in [-0.25, -0.2) is 0 Å². The predicted octanol–water partition coefficient (Wildman–Crippen LogP) is 5.44. The zero-order chi connectivity index (χ0) is 21.2. The van der Waals surface area contributed by atoms with Crippen LogP contribution in [0.2, 0.25) is 0 Å². The van der Waals surface area contributed by atoms with E-state index in [1.54, 1.807) is 21.3 Å². The lowest BCUT2D eigenvalue weighted by Gasteiger charge is -2.13. The van der Waals surface area contributed by atoms with E-state index >= 15 is 0 Å². The van der Waals surface area contributed by atoms with Crippen molar-refractivity contribution in [1.82, 2.24) is 0 Å². The molecule has 0 aliphatic rings. The fraction of sp³-hybridized carbons (Fsp3) is 0.440. The minimum Gasteiger partial charge on any atom is -0.496 e. The molecule has 158 valence electrons. The highest BCUT2D eigenvalue weighted by atomic mass is 16.5. The summed E-state index contributed by atoms with van der Waals surface area (Å²) in [6.45, 7) is 4.45. The predicted molar refractivity (Wildman–Crippen MR) is 119 cm³/mol. The lowest BCUT2D eigenvalue weighted by atomic mass is 9.98. The van der Waals surface area contributed by atoms with E-state index < -0.39 is 0 Å². The van der Waals surface area contributed by atoms with Crippen molar-refractivity contribution in [3.63, 3.8) is 0 Å². The van der Waals surface area contributed by atoms with E-state index in [1.165, 1.54) is 11.1 Å². The molecule has 29 heavy (non-hydrogen) atoms. The van der Waals surface area contributed by atoms with Crippen LogP contribution in [0.1, 0.15) is 48.9 Å². The van der Waals surface area contributed by atoms with Crippen LogP contribution in [-0.2, 0) is 19.4 Å². The van der Waals surface area contributed by atoms with E-state index in [0.717, 1.165) is 42.6 Å². The molecular weight excluding hydrogens is 364 g/mol. The number of aliphatic hydroxyl groups is 1. The number of hydrogen-bond donors (Lipinski definition) is 1. The summed E-state index contributed by atoms with van der Waals surface area (Å²) in [5.74, 6) is 3.05. The number of aryl methyl sites for hydroxylation is 2. The van der Waals surface area contributed by atoms with Crippen molar-refractivity contribution >= 4 is 6.08 Å². The molecule has 4 nitrogen and oxygen atoms in total. The summed E-state index contributed by atoms with van der Waals surface area (Å²) in [6.07, 6.45) is 8.22. The van der Waals surface area contributed by atoms with E-state index in [1.807, 2.05) is 18.2 Å². The Kier molecular flexibility index (Phi) is 9.07. The zero-order valence-electron chi connectivity index (χ0n) is 18.3. The van der Waals surface area contributed by atoms with E-state index in [2.05, 4.69) is 38.1 Å². The van der Waals surface area contributed by atoms with Gasteiger partial charge in [-0.2, -0.15) is 0 Å². The van der Waals surface area contributed by atoms with Crippen LogP contribution in [0.3, 0.4) is 0 Å². The fourth-order valence-corrected chi connectivity index (χ4v) is 3.33. The number of allylic oxidation sites excluding steroid dienone is 1. The zero-order valence-corrected chi connectivity index (χ0v) is 18.3. The maximum absolute atomic E-state index is 9.40. The Morgan fingerprint density at radius 1 is 0.862 bits per heavy atom. The Balaban J connectivity index is 2.09. The Labute approximate surface area is 175 Å². The molecule has 0 aromatic heterocycles. The maximum atomic E-state index is 9.40. The van der Waals surface area contributed by atoms with Crippen LogP contribution in [0.15, 0.2) is 36.4 Å². The summed E-state index contributed by atoms with van der Waals surface area (Å²) < 4.78 is 16.5. The van der Waals surface area contributed by atoms with Crippen LogP contribution in [0.5, 0.6) is 17.2 Å². The third-order valence-corrected chi connectivity index (χ3v) is 5.01. The standard InChI is InChI=1S/C25H34O4/c1-18(2)10-12-21-14-19(11-13-23(21)27-3)8-6-7-9-22-24(28-4)15-20(17-26)16-25(22)29-5/h7,9,11,13-16,18,26H,6,8,10,12,17H2,1-5H3/b9-7+. The summed E-state index contributed by atoms with van der Waals surface area (Å²) in [5.41, 5.74) is 4.25. The summed E-state index contributed by atoms with van der Waals surface area (Å²) in [6, 6.07) is 10.2. The molecule has 0 spiro atoms. The number of rotatable bonds is 11. The lowest BCUT2D eigenvalue weighted by molar-refractivity contribution is 0.280. The van der Waals surface area contributed by atoms with Crippen molar-refractivity contribution in [1.29, 1.82) is 0 Å². The van der Waals surface area contributed by atoms with Crippen LogP contribution in [0, 0.1) is 5.92 Å². The largest absolute Gasteiger partial charge is 0.496 e. The van der Waals surface area contributed by atoms with Gasteiger partial charge in [0.25, 0.3) is 0 Å². The Morgan fingerprint density at radius 2 is 1.52 bits per heavy atom. The van der Waals surface area contributed by atoms with Gasteiger partial charge in [-0.05, 0) is 66.5 Å². The Bertz CT molecular complexity index is 783. The minimum absolute atomic E-state index is 0.0483. The molecule has 0 saturated heterocycles. The van der Waals surface area contributed by atoms with Crippen molar-refractivity contribution in [3.8, 4) is 17.2 Å². The molecule has 0 radical (unpaired) electrons. The van der Waals surface area contributed by atoms with Gasteiger partial charge in [0.15, 0.2) is 0 Å². The highest BCUT2D eigenvalue weighted by Gasteiger charge is 2.10.